The number of anilines is 1. The van der Waals surface area contributed by atoms with Gasteiger partial charge >= 0.3 is 0 Å². The Bertz CT molecular complexity index is 881. The molecule has 0 radical (unpaired) electrons. The first-order valence-electron chi connectivity index (χ1n) is 7.92. The van der Waals surface area contributed by atoms with Crippen LogP contribution in [0.3, 0.4) is 0 Å². The molecule has 0 saturated carbocycles. The van der Waals surface area contributed by atoms with Crippen LogP contribution in [0.2, 0.25) is 0 Å². The van der Waals surface area contributed by atoms with Gasteiger partial charge in [-0.1, -0.05) is 48.2 Å². The van der Waals surface area contributed by atoms with Gasteiger partial charge in [0.05, 0.1) is 0 Å². The maximum atomic E-state index is 13.0. The van der Waals surface area contributed by atoms with Crippen LogP contribution in [0.25, 0.3) is 0 Å². The van der Waals surface area contributed by atoms with Crippen molar-refractivity contribution in [2.45, 2.75) is 4.90 Å². The van der Waals surface area contributed by atoms with Crippen molar-refractivity contribution in [3.05, 3.63) is 102 Å². The SMILES string of the molecule is O=C(Nc1ccccc1)C(=CSc1ccc(F)cc1)Oc1ccccc1. The molecule has 3 nitrogen and oxygen atoms in total. The number of hydrogen-bond donors (Lipinski definition) is 1. The highest BCUT2D eigenvalue weighted by Crippen LogP contribution is 2.23. The lowest BCUT2D eigenvalue weighted by Crippen LogP contribution is -2.18. The quantitative estimate of drug-likeness (QED) is 0.357. The van der Waals surface area contributed by atoms with Gasteiger partial charge < -0.3 is 10.1 Å². The minimum atomic E-state index is -0.366. The van der Waals surface area contributed by atoms with Gasteiger partial charge in [-0.2, -0.15) is 0 Å². The highest BCUT2D eigenvalue weighted by Gasteiger charge is 2.13. The molecule has 3 rings (SSSR count). The Hall–Kier alpha value is -3.05. The summed E-state index contributed by atoms with van der Waals surface area (Å²) in [5.74, 6) is 0.0339. The summed E-state index contributed by atoms with van der Waals surface area (Å²) in [6.07, 6.45) is 0. The summed E-state index contributed by atoms with van der Waals surface area (Å²) < 4.78 is 18.8. The normalized spacial score (nSPS) is 11.0. The lowest BCUT2D eigenvalue weighted by Gasteiger charge is -2.11. The molecule has 0 aromatic heterocycles. The maximum Gasteiger partial charge on any atom is 0.291 e. The van der Waals surface area contributed by atoms with Gasteiger partial charge in [0, 0.05) is 16.0 Å². The third kappa shape index (κ3) is 5.22. The van der Waals surface area contributed by atoms with Crippen LogP contribution in [-0.2, 0) is 4.79 Å². The molecular formula is C21H16FNO2S. The van der Waals surface area contributed by atoms with E-state index in [0.717, 1.165) is 4.90 Å². The zero-order valence-electron chi connectivity index (χ0n) is 13.8. The van der Waals surface area contributed by atoms with Crippen molar-refractivity contribution in [3.8, 4) is 5.75 Å². The number of hydrogen-bond acceptors (Lipinski definition) is 3. The second-order valence-corrected chi connectivity index (χ2v) is 6.23. The first kappa shape index (κ1) is 17.8. The summed E-state index contributed by atoms with van der Waals surface area (Å²) in [4.78, 5) is 13.4. The largest absolute Gasteiger partial charge is 0.451 e. The van der Waals surface area contributed by atoms with E-state index in [9.17, 15) is 9.18 Å². The lowest BCUT2D eigenvalue weighted by atomic mass is 10.3. The second kappa shape index (κ2) is 8.87. The maximum absolute atomic E-state index is 13.0. The number of amides is 1. The van der Waals surface area contributed by atoms with Gasteiger partial charge in [-0.3, -0.25) is 4.79 Å². The summed E-state index contributed by atoms with van der Waals surface area (Å²) >= 11 is 1.28. The standard InChI is InChI=1S/C21H16FNO2S/c22-16-11-13-19(14-12-16)26-15-20(25-18-9-5-2-6-10-18)21(24)23-17-7-3-1-4-8-17/h1-15H,(H,23,24). The van der Waals surface area contributed by atoms with E-state index in [0.29, 0.717) is 11.4 Å². The number of nitrogens with one attached hydrogen (secondary N) is 1. The van der Waals surface area contributed by atoms with Crippen molar-refractivity contribution in [2.24, 2.45) is 0 Å². The number of carbonyl (C=O) groups is 1. The van der Waals surface area contributed by atoms with Crippen molar-refractivity contribution in [1.29, 1.82) is 0 Å². The molecule has 0 unspecified atom stereocenters. The molecule has 0 bridgehead atoms. The summed E-state index contributed by atoms with van der Waals surface area (Å²) in [7, 11) is 0. The summed E-state index contributed by atoms with van der Waals surface area (Å²) in [5, 5.41) is 4.41. The Morgan fingerprint density at radius 1 is 0.885 bits per heavy atom. The van der Waals surface area contributed by atoms with Crippen molar-refractivity contribution in [1.82, 2.24) is 0 Å². The van der Waals surface area contributed by atoms with Crippen LogP contribution < -0.4 is 10.1 Å². The molecule has 1 amide bonds. The predicted molar refractivity (Wildman–Crippen MR) is 102 cm³/mol. The Labute approximate surface area is 155 Å². The molecule has 0 spiro atoms. The minimum Gasteiger partial charge on any atom is -0.451 e. The molecule has 3 aromatic rings. The highest BCUT2D eigenvalue weighted by atomic mass is 32.2. The molecule has 26 heavy (non-hydrogen) atoms. The van der Waals surface area contributed by atoms with Gasteiger partial charge in [0.15, 0.2) is 5.76 Å². The molecule has 5 heteroatoms. The third-order valence-electron chi connectivity index (χ3n) is 3.34. The molecule has 1 N–H and O–H groups in total. The topological polar surface area (TPSA) is 38.3 Å². The van der Waals surface area contributed by atoms with Crippen LogP contribution in [-0.4, -0.2) is 5.91 Å². The van der Waals surface area contributed by atoms with Crippen molar-refractivity contribution >= 4 is 23.4 Å². The Morgan fingerprint density at radius 2 is 1.50 bits per heavy atom. The number of halogens is 1. The van der Waals surface area contributed by atoms with E-state index in [4.69, 9.17) is 4.74 Å². The van der Waals surface area contributed by atoms with E-state index in [-0.39, 0.29) is 17.5 Å². The van der Waals surface area contributed by atoms with Gasteiger partial charge in [-0.15, -0.1) is 0 Å². The molecule has 0 aliphatic heterocycles. The first-order chi connectivity index (χ1) is 12.7. The van der Waals surface area contributed by atoms with Gasteiger partial charge in [0.25, 0.3) is 5.91 Å². The van der Waals surface area contributed by atoms with Crippen molar-refractivity contribution < 1.29 is 13.9 Å². The van der Waals surface area contributed by atoms with Gasteiger partial charge in [0.1, 0.15) is 11.6 Å². The lowest BCUT2D eigenvalue weighted by molar-refractivity contribution is -0.114. The number of para-hydroxylation sites is 2. The number of carbonyl (C=O) groups excluding carboxylic acids is 1. The Balaban J connectivity index is 1.79. The number of ether oxygens (including phenoxy) is 1. The first-order valence-corrected chi connectivity index (χ1v) is 8.80. The monoisotopic (exact) mass is 365 g/mol. The molecule has 0 aliphatic carbocycles. The fourth-order valence-corrected chi connectivity index (χ4v) is 2.78. The summed E-state index contributed by atoms with van der Waals surface area (Å²) in [6.45, 7) is 0. The summed E-state index contributed by atoms with van der Waals surface area (Å²) in [6, 6.07) is 24.2. The van der Waals surface area contributed by atoms with E-state index in [2.05, 4.69) is 5.32 Å². The predicted octanol–water partition coefficient (Wildman–Crippen LogP) is 5.48. The van der Waals surface area contributed by atoms with Crippen LogP contribution in [0, 0.1) is 5.82 Å². The third-order valence-corrected chi connectivity index (χ3v) is 4.22. The molecule has 3 aromatic carbocycles. The molecule has 0 saturated heterocycles. The van der Waals surface area contributed by atoms with Crippen molar-refractivity contribution in [3.63, 3.8) is 0 Å². The van der Waals surface area contributed by atoms with Crippen LogP contribution >= 0.6 is 11.8 Å². The Morgan fingerprint density at radius 3 is 2.15 bits per heavy atom. The average Bonchev–Trinajstić information content (AvgIpc) is 2.68. The van der Waals surface area contributed by atoms with E-state index in [1.807, 2.05) is 36.4 Å². The molecular weight excluding hydrogens is 349 g/mol. The Kier molecular flexibility index (Phi) is 6.06. The van der Waals surface area contributed by atoms with Crippen LogP contribution in [0.1, 0.15) is 0 Å². The number of rotatable bonds is 6. The van der Waals surface area contributed by atoms with Crippen molar-refractivity contribution in [2.75, 3.05) is 5.32 Å². The van der Waals surface area contributed by atoms with Crippen LogP contribution in [0.5, 0.6) is 5.75 Å². The molecule has 0 atom stereocenters. The van der Waals surface area contributed by atoms with Gasteiger partial charge in [-0.05, 0) is 48.5 Å². The fourth-order valence-electron chi connectivity index (χ4n) is 2.09. The van der Waals surface area contributed by atoms with E-state index < -0.39 is 0 Å². The zero-order valence-corrected chi connectivity index (χ0v) is 14.6. The molecule has 0 heterocycles. The minimum absolute atomic E-state index is 0.148. The smallest absolute Gasteiger partial charge is 0.291 e. The average molecular weight is 365 g/mol. The second-order valence-electron chi connectivity index (χ2n) is 5.29. The van der Waals surface area contributed by atoms with E-state index in [1.165, 1.54) is 23.9 Å². The van der Waals surface area contributed by atoms with Gasteiger partial charge in [0.2, 0.25) is 0 Å². The number of benzene rings is 3. The fraction of sp³-hybridized carbons (Fsp3) is 0. The van der Waals surface area contributed by atoms with Crippen LogP contribution in [0.4, 0.5) is 10.1 Å². The van der Waals surface area contributed by atoms with Gasteiger partial charge in [-0.25, -0.2) is 4.39 Å². The van der Waals surface area contributed by atoms with E-state index >= 15 is 0 Å². The van der Waals surface area contributed by atoms with E-state index in [1.54, 1.807) is 41.8 Å². The summed E-state index contributed by atoms with van der Waals surface area (Å²) in [5.41, 5.74) is 0.673. The molecule has 130 valence electrons. The molecule has 0 fully saturated rings. The molecule has 0 aliphatic rings. The zero-order chi connectivity index (χ0) is 18.2. The highest BCUT2D eigenvalue weighted by molar-refractivity contribution is 8.02. The number of thioether (sulfide) groups is 1. The van der Waals surface area contributed by atoms with Crippen LogP contribution in [0.15, 0.2) is 101 Å².